The van der Waals surface area contributed by atoms with Crippen molar-refractivity contribution in [3.05, 3.63) is 34.8 Å². The minimum atomic E-state index is 0.946. The first kappa shape index (κ1) is 7.43. The molecule has 0 aliphatic carbocycles. The van der Waals surface area contributed by atoms with Gasteiger partial charge in [0.05, 0.1) is 16.4 Å². The largest absolute Gasteiger partial charge is 0.255 e. The minimum absolute atomic E-state index is 0.946. The lowest BCUT2D eigenvalue weighted by Crippen LogP contribution is -1.80. The lowest BCUT2D eigenvalue weighted by molar-refractivity contribution is 1.24. The fraction of sp³-hybridized carbons (Fsp3) is 0.111. The van der Waals surface area contributed by atoms with Gasteiger partial charge in [0.25, 0.3) is 0 Å². The van der Waals surface area contributed by atoms with Gasteiger partial charge in [0.2, 0.25) is 0 Å². The van der Waals surface area contributed by atoms with Crippen molar-refractivity contribution in [2.24, 2.45) is 0 Å². The molecule has 2 heterocycles. The summed E-state index contributed by atoms with van der Waals surface area (Å²) in [4.78, 5) is 8.54. The SMILES string of the molecule is Cc1nc(-c2ccccn2)cs1. The normalized spacial score (nSPS) is 10.1. The average Bonchev–Trinajstić information content (AvgIpc) is 2.54. The summed E-state index contributed by atoms with van der Waals surface area (Å²) in [6.07, 6.45) is 1.78. The first-order valence-electron chi connectivity index (χ1n) is 3.70. The van der Waals surface area contributed by atoms with Crippen molar-refractivity contribution in [3.63, 3.8) is 0 Å². The van der Waals surface area contributed by atoms with Crippen LogP contribution in [0.4, 0.5) is 0 Å². The Labute approximate surface area is 74.9 Å². The highest BCUT2D eigenvalue weighted by Gasteiger charge is 2.00. The van der Waals surface area contributed by atoms with E-state index in [0.717, 1.165) is 16.4 Å². The van der Waals surface area contributed by atoms with E-state index >= 15 is 0 Å². The van der Waals surface area contributed by atoms with Crippen LogP contribution in [0.5, 0.6) is 0 Å². The minimum Gasteiger partial charge on any atom is -0.255 e. The molecule has 2 aromatic heterocycles. The van der Waals surface area contributed by atoms with E-state index in [4.69, 9.17) is 0 Å². The van der Waals surface area contributed by atoms with Crippen molar-refractivity contribution in [1.82, 2.24) is 9.97 Å². The van der Waals surface area contributed by atoms with Gasteiger partial charge in [0, 0.05) is 11.6 Å². The van der Waals surface area contributed by atoms with Gasteiger partial charge >= 0.3 is 0 Å². The van der Waals surface area contributed by atoms with E-state index in [1.54, 1.807) is 17.5 Å². The maximum atomic E-state index is 4.34. The van der Waals surface area contributed by atoms with Crippen LogP contribution in [0, 0.1) is 6.92 Å². The van der Waals surface area contributed by atoms with Crippen LogP contribution >= 0.6 is 11.3 Å². The van der Waals surface area contributed by atoms with E-state index in [9.17, 15) is 0 Å². The Kier molecular flexibility index (Phi) is 1.87. The molecule has 0 saturated heterocycles. The molecular formula is C9H8N2S. The summed E-state index contributed by atoms with van der Waals surface area (Å²) in [5, 5.41) is 3.10. The second-order valence-corrected chi connectivity index (χ2v) is 3.53. The molecule has 0 saturated carbocycles. The highest BCUT2D eigenvalue weighted by atomic mass is 32.1. The quantitative estimate of drug-likeness (QED) is 0.667. The number of aryl methyl sites for hydroxylation is 1. The lowest BCUT2D eigenvalue weighted by atomic mass is 10.3. The van der Waals surface area contributed by atoms with E-state index in [0.29, 0.717) is 0 Å². The smallest absolute Gasteiger partial charge is 0.0998 e. The zero-order valence-electron chi connectivity index (χ0n) is 6.69. The molecule has 3 heteroatoms. The van der Waals surface area contributed by atoms with E-state index < -0.39 is 0 Å². The van der Waals surface area contributed by atoms with Crippen LogP contribution in [0.25, 0.3) is 11.4 Å². The molecule has 0 aliphatic rings. The highest BCUT2D eigenvalue weighted by Crippen LogP contribution is 2.18. The Bertz CT molecular complexity index is 367. The van der Waals surface area contributed by atoms with E-state index in [1.807, 2.05) is 30.5 Å². The molecule has 0 aliphatic heterocycles. The average molecular weight is 176 g/mol. The molecule has 2 aromatic rings. The maximum Gasteiger partial charge on any atom is 0.0998 e. The van der Waals surface area contributed by atoms with Crippen molar-refractivity contribution in [3.8, 4) is 11.4 Å². The summed E-state index contributed by atoms with van der Waals surface area (Å²) in [6, 6.07) is 5.84. The molecule has 0 unspecified atom stereocenters. The topological polar surface area (TPSA) is 25.8 Å². The van der Waals surface area contributed by atoms with Crippen molar-refractivity contribution in [1.29, 1.82) is 0 Å². The number of pyridine rings is 1. The monoisotopic (exact) mass is 176 g/mol. The number of hydrogen-bond donors (Lipinski definition) is 0. The number of nitrogens with zero attached hydrogens (tertiary/aromatic N) is 2. The third-order valence-electron chi connectivity index (χ3n) is 1.55. The summed E-state index contributed by atoms with van der Waals surface area (Å²) in [6.45, 7) is 2.00. The Morgan fingerprint density at radius 3 is 2.75 bits per heavy atom. The first-order chi connectivity index (χ1) is 5.86. The Morgan fingerprint density at radius 2 is 2.17 bits per heavy atom. The van der Waals surface area contributed by atoms with Gasteiger partial charge in [-0.15, -0.1) is 11.3 Å². The van der Waals surface area contributed by atoms with Gasteiger partial charge in [-0.2, -0.15) is 0 Å². The second-order valence-electron chi connectivity index (χ2n) is 2.47. The molecule has 0 spiro atoms. The molecule has 2 nitrogen and oxygen atoms in total. The van der Waals surface area contributed by atoms with Crippen LogP contribution in [0.1, 0.15) is 5.01 Å². The van der Waals surface area contributed by atoms with Gasteiger partial charge < -0.3 is 0 Å². The first-order valence-corrected chi connectivity index (χ1v) is 4.58. The van der Waals surface area contributed by atoms with Gasteiger partial charge in [-0.1, -0.05) is 6.07 Å². The standard InChI is InChI=1S/C9H8N2S/c1-7-11-9(6-12-7)8-4-2-3-5-10-8/h2-6H,1H3. The predicted molar refractivity (Wildman–Crippen MR) is 50.1 cm³/mol. The van der Waals surface area contributed by atoms with E-state index in [-0.39, 0.29) is 0 Å². The van der Waals surface area contributed by atoms with Crippen LogP contribution in [-0.2, 0) is 0 Å². The zero-order chi connectivity index (χ0) is 8.39. The second kappa shape index (κ2) is 3.03. The number of thiazole rings is 1. The molecule has 0 radical (unpaired) electrons. The van der Waals surface area contributed by atoms with E-state index in [1.165, 1.54) is 0 Å². The molecule has 0 aromatic carbocycles. The molecule has 0 bridgehead atoms. The summed E-state index contributed by atoms with van der Waals surface area (Å²) in [7, 11) is 0. The lowest BCUT2D eigenvalue weighted by Gasteiger charge is -1.91. The van der Waals surface area contributed by atoms with Crippen LogP contribution in [0.2, 0.25) is 0 Å². The van der Waals surface area contributed by atoms with Gasteiger partial charge in [-0.3, -0.25) is 4.98 Å². The van der Waals surface area contributed by atoms with Gasteiger partial charge in [-0.25, -0.2) is 4.98 Å². The molecule has 0 amide bonds. The number of hydrogen-bond acceptors (Lipinski definition) is 3. The summed E-state index contributed by atoms with van der Waals surface area (Å²) in [5.74, 6) is 0. The van der Waals surface area contributed by atoms with Gasteiger partial charge in [-0.05, 0) is 19.1 Å². The van der Waals surface area contributed by atoms with Crippen molar-refractivity contribution >= 4 is 11.3 Å². The van der Waals surface area contributed by atoms with Crippen LogP contribution < -0.4 is 0 Å². The molecule has 0 fully saturated rings. The Balaban J connectivity index is 2.45. The number of rotatable bonds is 1. The fourth-order valence-corrected chi connectivity index (χ4v) is 1.60. The van der Waals surface area contributed by atoms with E-state index in [2.05, 4.69) is 9.97 Å². The molecule has 0 N–H and O–H groups in total. The molecule has 0 atom stereocenters. The molecule has 12 heavy (non-hydrogen) atoms. The third-order valence-corrected chi connectivity index (χ3v) is 2.32. The maximum absolute atomic E-state index is 4.34. The van der Waals surface area contributed by atoms with Crippen molar-refractivity contribution < 1.29 is 0 Å². The van der Waals surface area contributed by atoms with Gasteiger partial charge in [0.1, 0.15) is 0 Å². The molecule has 60 valence electrons. The van der Waals surface area contributed by atoms with Crippen molar-refractivity contribution in [2.75, 3.05) is 0 Å². The predicted octanol–water partition coefficient (Wildman–Crippen LogP) is 2.51. The van der Waals surface area contributed by atoms with Crippen LogP contribution in [-0.4, -0.2) is 9.97 Å². The highest BCUT2D eigenvalue weighted by molar-refractivity contribution is 7.09. The Hall–Kier alpha value is -1.22. The zero-order valence-corrected chi connectivity index (χ0v) is 7.51. The number of aromatic nitrogens is 2. The van der Waals surface area contributed by atoms with Gasteiger partial charge in [0.15, 0.2) is 0 Å². The molecule has 2 rings (SSSR count). The molecular weight excluding hydrogens is 168 g/mol. The summed E-state index contributed by atoms with van der Waals surface area (Å²) >= 11 is 1.65. The fourth-order valence-electron chi connectivity index (χ4n) is 0.995. The third kappa shape index (κ3) is 1.36. The van der Waals surface area contributed by atoms with Crippen LogP contribution in [0.3, 0.4) is 0 Å². The van der Waals surface area contributed by atoms with Crippen LogP contribution in [0.15, 0.2) is 29.8 Å². The Morgan fingerprint density at radius 1 is 1.25 bits per heavy atom. The summed E-state index contributed by atoms with van der Waals surface area (Å²) in [5.41, 5.74) is 1.92. The summed E-state index contributed by atoms with van der Waals surface area (Å²) < 4.78 is 0. The van der Waals surface area contributed by atoms with Crippen molar-refractivity contribution in [2.45, 2.75) is 6.92 Å².